The van der Waals surface area contributed by atoms with Crippen LogP contribution in [0.2, 0.25) is 10.0 Å². The molecule has 1 aliphatic heterocycles. The lowest BCUT2D eigenvalue weighted by atomic mass is 9.82. The van der Waals surface area contributed by atoms with Crippen molar-refractivity contribution in [1.82, 2.24) is 5.32 Å². The molecule has 1 aromatic rings. The number of nitrogens with one attached hydrogen (secondary N) is 1. The molecule has 0 bridgehead atoms. The van der Waals surface area contributed by atoms with Crippen LogP contribution in [0.4, 0.5) is 0 Å². The fourth-order valence-corrected chi connectivity index (χ4v) is 2.84. The molecule has 15 heavy (non-hydrogen) atoms. The highest BCUT2D eigenvalue weighted by Gasteiger charge is 2.28. The fraction of sp³-hybridized carbons (Fsp3) is 0.500. The maximum Gasteiger partial charge on any atom is 0.0632 e. The van der Waals surface area contributed by atoms with Crippen LogP contribution in [0.15, 0.2) is 12.1 Å². The smallest absolute Gasteiger partial charge is 0.0632 e. The predicted octanol–water partition coefficient (Wildman–Crippen LogP) is 3.42. The van der Waals surface area contributed by atoms with Gasteiger partial charge in [-0.2, -0.15) is 0 Å². The lowest BCUT2D eigenvalue weighted by Gasteiger charge is -2.26. The van der Waals surface area contributed by atoms with E-state index >= 15 is 0 Å². The zero-order chi connectivity index (χ0) is 11.1. The summed E-state index contributed by atoms with van der Waals surface area (Å²) >= 11 is 12.4. The molecule has 1 heterocycles. The van der Waals surface area contributed by atoms with Crippen LogP contribution in [0.5, 0.6) is 0 Å². The number of rotatable bonds is 0. The molecule has 1 aromatic carbocycles. The Morgan fingerprint density at radius 2 is 2.00 bits per heavy atom. The van der Waals surface area contributed by atoms with E-state index < -0.39 is 0 Å². The van der Waals surface area contributed by atoms with Crippen LogP contribution in [0.25, 0.3) is 0 Å². The van der Waals surface area contributed by atoms with E-state index in [1.165, 1.54) is 11.1 Å². The van der Waals surface area contributed by atoms with Gasteiger partial charge in [-0.05, 0) is 30.2 Å². The molecule has 0 aromatic heterocycles. The summed E-state index contributed by atoms with van der Waals surface area (Å²) in [6.07, 6.45) is 1.02. The van der Waals surface area contributed by atoms with E-state index in [0.29, 0.717) is 5.02 Å². The molecule has 0 radical (unpaired) electrons. The molecule has 3 heteroatoms. The predicted molar refractivity (Wildman–Crippen MR) is 66.1 cm³/mol. The summed E-state index contributed by atoms with van der Waals surface area (Å²) in [5.74, 6) is 0. The van der Waals surface area contributed by atoms with Crippen LogP contribution in [-0.4, -0.2) is 13.1 Å². The van der Waals surface area contributed by atoms with E-state index in [4.69, 9.17) is 23.2 Å². The Kier molecular flexibility index (Phi) is 2.98. The van der Waals surface area contributed by atoms with E-state index in [1.54, 1.807) is 0 Å². The SMILES string of the molecule is CC1(C)CNCCc2ccc(Cl)c(Cl)c21. The monoisotopic (exact) mass is 243 g/mol. The molecule has 0 amide bonds. The summed E-state index contributed by atoms with van der Waals surface area (Å²) in [5, 5.41) is 4.81. The van der Waals surface area contributed by atoms with Gasteiger partial charge in [0.2, 0.25) is 0 Å². The molecule has 1 aliphatic rings. The molecule has 0 saturated heterocycles. The van der Waals surface area contributed by atoms with Crippen LogP contribution < -0.4 is 5.32 Å². The molecule has 0 fully saturated rings. The second-order valence-electron chi connectivity index (χ2n) is 4.71. The third-order valence-corrected chi connectivity index (χ3v) is 3.80. The third-order valence-electron chi connectivity index (χ3n) is 3.00. The van der Waals surface area contributed by atoms with Crippen LogP contribution in [0.3, 0.4) is 0 Å². The van der Waals surface area contributed by atoms with E-state index in [2.05, 4.69) is 25.2 Å². The second-order valence-corrected chi connectivity index (χ2v) is 5.49. The number of halogens is 2. The van der Waals surface area contributed by atoms with Gasteiger partial charge in [0, 0.05) is 12.0 Å². The fourth-order valence-electron chi connectivity index (χ4n) is 2.24. The van der Waals surface area contributed by atoms with E-state index in [-0.39, 0.29) is 5.41 Å². The van der Waals surface area contributed by atoms with Gasteiger partial charge in [0.25, 0.3) is 0 Å². The minimum atomic E-state index is 0.0494. The maximum absolute atomic E-state index is 6.31. The van der Waals surface area contributed by atoms with Crippen molar-refractivity contribution in [3.63, 3.8) is 0 Å². The third kappa shape index (κ3) is 2.01. The number of benzene rings is 1. The quantitative estimate of drug-likeness (QED) is 0.737. The van der Waals surface area contributed by atoms with Crippen LogP contribution >= 0.6 is 23.2 Å². The zero-order valence-electron chi connectivity index (χ0n) is 9.03. The topological polar surface area (TPSA) is 12.0 Å². The Bertz CT molecular complexity index is 385. The Labute approximate surface area is 101 Å². The highest BCUT2D eigenvalue weighted by atomic mass is 35.5. The average Bonchev–Trinajstić information content (AvgIpc) is 2.31. The first-order chi connectivity index (χ1) is 7.02. The molecule has 82 valence electrons. The van der Waals surface area contributed by atoms with Crippen molar-refractivity contribution in [3.8, 4) is 0 Å². The van der Waals surface area contributed by atoms with Crippen molar-refractivity contribution >= 4 is 23.2 Å². The van der Waals surface area contributed by atoms with Crippen molar-refractivity contribution in [2.45, 2.75) is 25.7 Å². The lowest BCUT2D eigenvalue weighted by Crippen LogP contribution is -2.31. The van der Waals surface area contributed by atoms with Gasteiger partial charge in [-0.1, -0.05) is 43.1 Å². The van der Waals surface area contributed by atoms with Gasteiger partial charge < -0.3 is 5.32 Å². The lowest BCUT2D eigenvalue weighted by molar-refractivity contribution is 0.488. The molecule has 0 saturated carbocycles. The van der Waals surface area contributed by atoms with Crippen molar-refractivity contribution in [2.24, 2.45) is 0 Å². The van der Waals surface area contributed by atoms with Crippen LogP contribution in [0, 0.1) is 0 Å². The zero-order valence-corrected chi connectivity index (χ0v) is 10.5. The van der Waals surface area contributed by atoms with Crippen molar-refractivity contribution in [1.29, 1.82) is 0 Å². The minimum absolute atomic E-state index is 0.0494. The van der Waals surface area contributed by atoms with E-state index in [0.717, 1.165) is 24.5 Å². The molecule has 1 nitrogen and oxygen atoms in total. The molecule has 2 rings (SSSR count). The van der Waals surface area contributed by atoms with Gasteiger partial charge >= 0.3 is 0 Å². The summed E-state index contributed by atoms with van der Waals surface area (Å²) in [6.45, 7) is 6.35. The standard InChI is InChI=1S/C12H15Cl2N/c1-12(2)7-15-6-5-8-3-4-9(13)11(14)10(8)12/h3-4,15H,5-7H2,1-2H3. The first kappa shape index (κ1) is 11.3. The molecule has 0 aliphatic carbocycles. The Morgan fingerprint density at radius 3 is 2.73 bits per heavy atom. The molecular formula is C12H15Cl2N. The average molecular weight is 244 g/mol. The van der Waals surface area contributed by atoms with Crippen LogP contribution in [-0.2, 0) is 11.8 Å². The van der Waals surface area contributed by atoms with E-state index in [1.807, 2.05) is 6.07 Å². The summed E-state index contributed by atoms with van der Waals surface area (Å²) in [4.78, 5) is 0. The van der Waals surface area contributed by atoms with Gasteiger partial charge in [0.05, 0.1) is 10.0 Å². The number of hydrogen-bond donors (Lipinski definition) is 1. The highest BCUT2D eigenvalue weighted by molar-refractivity contribution is 6.42. The molecule has 0 atom stereocenters. The summed E-state index contributed by atoms with van der Waals surface area (Å²) in [5.41, 5.74) is 2.58. The van der Waals surface area contributed by atoms with Crippen molar-refractivity contribution < 1.29 is 0 Å². The van der Waals surface area contributed by atoms with Crippen molar-refractivity contribution in [2.75, 3.05) is 13.1 Å². The van der Waals surface area contributed by atoms with Crippen LogP contribution in [0.1, 0.15) is 25.0 Å². The van der Waals surface area contributed by atoms with Gasteiger partial charge in [-0.15, -0.1) is 0 Å². The molecule has 0 spiro atoms. The minimum Gasteiger partial charge on any atom is -0.316 e. The molecule has 0 unspecified atom stereocenters. The van der Waals surface area contributed by atoms with Gasteiger partial charge in [-0.3, -0.25) is 0 Å². The number of hydrogen-bond acceptors (Lipinski definition) is 1. The van der Waals surface area contributed by atoms with E-state index in [9.17, 15) is 0 Å². The highest BCUT2D eigenvalue weighted by Crippen LogP contribution is 2.38. The first-order valence-electron chi connectivity index (χ1n) is 5.20. The van der Waals surface area contributed by atoms with Gasteiger partial charge in [-0.25, -0.2) is 0 Å². The normalized spacial score (nSPS) is 19.5. The molecular weight excluding hydrogens is 229 g/mol. The summed E-state index contributed by atoms with van der Waals surface area (Å²) < 4.78 is 0. The second kappa shape index (κ2) is 3.97. The molecule has 1 N–H and O–H groups in total. The Balaban J connectivity index is 2.63. The Morgan fingerprint density at radius 1 is 1.27 bits per heavy atom. The Hall–Kier alpha value is -0.240. The number of fused-ring (bicyclic) bond motifs is 1. The van der Waals surface area contributed by atoms with Gasteiger partial charge in [0.1, 0.15) is 0 Å². The largest absolute Gasteiger partial charge is 0.316 e. The summed E-state index contributed by atoms with van der Waals surface area (Å²) in [7, 11) is 0. The first-order valence-corrected chi connectivity index (χ1v) is 5.96. The maximum atomic E-state index is 6.31. The van der Waals surface area contributed by atoms with Gasteiger partial charge in [0.15, 0.2) is 0 Å². The van der Waals surface area contributed by atoms with Crippen molar-refractivity contribution in [3.05, 3.63) is 33.3 Å². The summed E-state index contributed by atoms with van der Waals surface area (Å²) in [6, 6.07) is 3.99.